The summed E-state index contributed by atoms with van der Waals surface area (Å²) in [5, 5.41) is 3.46. The number of nitrogens with zero attached hydrogens (tertiary/aromatic N) is 2. The average molecular weight is 277 g/mol. The van der Waals surface area contributed by atoms with Gasteiger partial charge in [-0.25, -0.2) is 9.97 Å². The van der Waals surface area contributed by atoms with E-state index >= 15 is 0 Å². The van der Waals surface area contributed by atoms with E-state index in [-0.39, 0.29) is 5.60 Å². The van der Waals surface area contributed by atoms with Crippen molar-refractivity contribution in [3.8, 4) is 0 Å². The van der Waals surface area contributed by atoms with Crippen LogP contribution in [0.25, 0.3) is 0 Å². The van der Waals surface area contributed by atoms with Crippen LogP contribution in [0.2, 0.25) is 0 Å². The van der Waals surface area contributed by atoms with E-state index < -0.39 is 5.95 Å². The SMILES string of the molecule is Cc1c(F)ncnc1NC1CCCC23OCCC2CC13. The molecular weight excluding hydrogens is 257 g/mol. The monoisotopic (exact) mass is 277 g/mol. The second-order valence-electron chi connectivity index (χ2n) is 6.41. The average Bonchev–Trinajstić information content (AvgIpc) is 2.70. The highest BCUT2D eigenvalue weighted by Gasteiger charge is 2.62. The highest BCUT2D eigenvalue weighted by Crippen LogP contribution is 2.59. The van der Waals surface area contributed by atoms with Crippen molar-refractivity contribution in [2.75, 3.05) is 11.9 Å². The van der Waals surface area contributed by atoms with E-state index in [4.69, 9.17) is 4.74 Å². The zero-order valence-electron chi connectivity index (χ0n) is 11.7. The van der Waals surface area contributed by atoms with Gasteiger partial charge in [0, 0.05) is 24.1 Å². The summed E-state index contributed by atoms with van der Waals surface area (Å²) < 4.78 is 19.6. The molecule has 0 bridgehead atoms. The normalized spacial score (nSPS) is 38.8. The first-order chi connectivity index (χ1) is 9.71. The Morgan fingerprint density at radius 3 is 3.15 bits per heavy atom. The van der Waals surface area contributed by atoms with Gasteiger partial charge in [0.1, 0.15) is 12.1 Å². The molecule has 108 valence electrons. The Morgan fingerprint density at radius 2 is 2.30 bits per heavy atom. The standard InChI is InChI=1S/C15H20FN3O/c1-9-13(16)17-8-18-14(9)19-12-3-2-5-15-10(4-6-20-15)7-11(12)15/h8,10-12H,2-7H2,1H3,(H,17,18,19). The van der Waals surface area contributed by atoms with Crippen LogP contribution in [-0.4, -0.2) is 28.2 Å². The molecule has 0 amide bonds. The van der Waals surface area contributed by atoms with Crippen molar-refractivity contribution in [3.05, 3.63) is 17.8 Å². The molecule has 1 N–H and O–H groups in total. The second-order valence-corrected chi connectivity index (χ2v) is 6.41. The lowest BCUT2D eigenvalue weighted by Gasteiger charge is -2.57. The minimum Gasteiger partial charge on any atom is -0.374 e. The van der Waals surface area contributed by atoms with E-state index in [0.717, 1.165) is 18.9 Å². The molecule has 0 radical (unpaired) electrons. The minimum absolute atomic E-state index is 0.120. The van der Waals surface area contributed by atoms with Gasteiger partial charge in [0.25, 0.3) is 0 Å². The number of rotatable bonds is 2. The molecule has 0 aromatic carbocycles. The maximum Gasteiger partial charge on any atom is 0.220 e. The van der Waals surface area contributed by atoms with Crippen LogP contribution in [0.1, 0.15) is 37.7 Å². The molecule has 1 aromatic rings. The predicted octanol–water partition coefficient (Wildman–Crippen LogP) is 2.68. The van der Waals surface area contributed by atoms with Crippen molar-refractivity contribution in [3.63, 3.8) is 0 Å². The molecule has 1 saturated heterocycles. The number of hydrogen-bond donors (Lipinski definition) is 1. The van der Waals surface area contributed by atoms with Gasteiger partial charge in [0.15, 0.2) is 0 Å². The summed E-state index contributed by atoms with van der Waals surface area (Å²) in [4.78, 5) is 7.79. The van der Waals surface area contributed by atoms with E-state index in [9.17, 15) is 4.39 Å². The molecule has 4 unspecified atom stereocenters. The summed E-state index contributed by atoms with van der Waals surface area (Å²) in [6.07, 6.45) is 7.23. The molecular formula is C15H20FN3O. The smallest absolute Gasteiger partial charge is 0.220 e. The Kier molecular flexibility index (Phi) is 2.74. The number of anilines is 1. The molecule has 3 fully saturated rings. The summed E-state index contributed by atoms with van der Waals surface area (Å²) in [6, 6.07) is 0.353. The van der Waals surface area contributed by atoms with Crippen molar-refractivity contribution < 1.29 is 9.13 Å². The fourth-order valence-corrected chi connectivity index (χ4v) is 4.51. The van der Waals surface area contributed by atoms with Crippen LogP contribution in [0.15, 0.2) is 6.33 Å². The minimum atomic E-state index is -0.434. The third-order valence-corrected chi connectivity index (χ3v) is 5.61. The summed E-state index contributed by atoms with van der Waals surface area (Å²) in [6.45, 7) is 2.64. The van der Waals surface area contributed by atoms with Crippen molar-refractivity contribution >= 4 is 5.82 Å². The van der Waals surface area contributed by atoms with E-state index in [1.165, 1.54) is 32.0 Å². The van der Waals surface area contributed by atoms with E-state index in [0.29, 0.717) is 23.3 Å². The van der Waals surface area contributed by atoms with Crippen LogP contribution < -0.4 is 5.32 Å². The van der Waals surface area contributed by atoms with Crippen LogP contribution >= 0.6 is 0 Å². The largest absolute Gasteiger partial charge is 0.374 e. The number of hydrogen-bond acceptors (Lipinski definition) is 4. The third kappa shape index (κ3) is 1.62. The van der Waals surface area contributed by atoms with Crippen LogP contribution in [0, 0.1) is 24.7 Å². The highest BCUT2D eigenvalue weighted by molar-refractivity contribution is 5.43. The first kappa shape index (κ1) is 12.5. The molecule has 2 saturated carbocycles. The maximum absolute atomic E-state index is 13.5. The lowest BCUT2D eigenvalue weighted by atomic mass is 9.53. The topological polar surface area (TPSA) is 47.0 Å². The number of aromatic nitrogens is 2. The molecule has 3 aliphatic rings. The fourth-order valence-electron chi connectivity index (χ4n) is 4.51. The van der Waals surface area contributed by atoms with Crippen LogP contribution in [0.3, 0.4) is 0 Å². The van der Waals surface area contributed by atoms with E-state index in [1.54, 1.807) is 6.92 Å². The van der Waals surface area contributed by atoms with Gasteiger partial charge in [-0.1, -0.05) is 0 Å². The molecule has 4 nitrogen and oxygen atoms in total. The first-order valence-corrected chi connectivity index (χ1v) is 7.58. The number of ether oxygens (including phenoxy) is 1. The molecule has 1 aliphatic heterocycles. The Labute approximate surface area is 118 Å². The van der Waals surface area contributed by atoms with Gasteiger partial charge in [0.2, 0.25) is 5.95 Å². The first-order valence-electron chi connectivity index (χ1n) is 7.58. The summed E-state index contributed by atoms with van der Waals surface area (Å²) in [7, 11) is 0. The van der Waals surface area contributed by atoms with Gasteiger partial charge in [-0.15, -0.1) is 0 Å². The van der Waals surface area contributed by atoms with Gasteiger partial charge in [-0.05, 0) is 44.9 Å². The molecule has 1 aromatic heterocycles. The van der Waals surface area contributed by atoms with E-state index in [2.05, 4.69) is 15.3 Å². The maximum atomic E-state index is 13.5. The van der Waals surface area contributed by atoms with Crippen LogP contribution in [0.5, 0.6) is 0 Å². The Hall–Kier alpha value is -1.23. The Balaban J connectivity index is 1.56. The fraction of sp³-hybridized carbons (Fsp3) is 0.733. The van der Waals surface area contributed by atoms with Gasteiger partial charge < -0.3 is 10.1 Å². The van der Waals surface area contributed by atoms with Crippen LogP contribution in [0.4, 0.5) is 10.2 Å². The quantitative estimate of drug-likeness (QED) is 0.844. The second kappa shape index (κ2) is 4.38. The van der Waals surface area contributed by atoms with Gasteiger partial charge in [-0.2, -0.15) is 4.39 Å². The Morgan fingerprint density at radius 1 is 1.40 bits per heavy atom. The highest BCUT2D eigenvalue weighted by atomic mass is 19.1. The van der Waals surface area contributed by atoms with E-state index in [1.807, 2.05) is 0 Å². The lowest BCUT2D eigenvalue weighted by Crippen LogP contribution is -2.61. The summed E-state index contributed by atoms with van der Waals surface area (Å²) in [5.74, 6) is 1.51. The van der Waals surface area contributed by atoms with Gasteiger partial charge >= 0.3 is 0 Å². The zero-order valence-corrected chi connectivity index (χ0v) is 11.7. The molecule has 2 heterocycles. The van der Waals surface area contributed by atoms with Crippen molar-refractivity contribution in [1.29, 1.82) is 0 Å². The molecule has 5 heteroatoms. The molecule has 2 aliphatic carbocycles. The molecule has 4 atom stereocenters. The lowest BCUT2D eigenvalue weighted by molar-refractivity contribution is -0.160. The third-order valence-electron chi connectivity index (χ3n) is 5.61. The van der Waals surface area contributed by atoms with Crippen LogP contribution in [-0.2, 0) is 4.74 Å². The van der Waals surface area contributed by atoms with Gasteiger partial charge in [0.05, 0.1) is 5.60 Å². The zero-order chi connectivity index (χ0) is 13.7. The molecule has 4 rings (SSSR count). The van der Waals surface area contributed by atoms with Crippen molar-refractivity contribution in [2.45, 2.75) is 50.7 Å². The number of halogens is 1. The summed E-state index contributed by atoms with van der Waals surface area (Å²) in [5.41, 5.74) is 0.630. The molecule has 1 spiro atoms. The van der Waals surface area contributed by atoms with Gasteiger partial charge in [-0.3, -0.25) is 0 Å². The Bertz CT molecular complexity index is 538. The predicted molar refractivity (Wildman–Crippen MR) is 72.9 cm³/mol. The van der Waals surface area contributed by atoms with Crippen molar-refractivity contribution in [1.82, 2.24) is 9.97 Å². The van der Waals surface area contributed by atoms with Crippen molar-refractivity contribution in [2.24, 2.45) is 11.8 Å². The summed E-state index contributed by atoms with van der Waals surface area (Å²) >= 11 is 0. The molecule has 20 heavy (non-hydrogen) atoms. The number of nitrogens with one attached hydrogen (secondary N) is 1.